The highest BCUT2D eigenvalue weighted by Crippen LogP contribution is 2.43. The van der Waals surface area contributed by atoms with E-state index in [1.807, 2.05) is 0 Å². The topological polar surface area (TPSA) is 93.3 Å². The molecule has 35 heavy (non-hydrogen) atoms. The average Bonchev–Trinajstić information content (AvgIpc) is 3.45. The van der Waals surface area contributed by atoms with Crippen LogP contribution in [-0.4, -0.2) is 59.1 Å². The second-order valence-corrected chi connectivity index (χ2v) is 8.99. The Labute approximate surface area is 194 Å². The van der Waals surface area contributed by atoms with Crippen LogP contribution in [0.5, 0.6) is 0 Å². The van der Waals surface area contributed by atoms with Gasteiger partial charge in [0.25, 0.3) is 5.56 Å². The molecule has 194 valence electrons. The lowest BCUT2D eigenvalue weighted by atomic mass is 9.93. The monoisotopic (exact) mass is 512 g/mol. The lowest BCUT2D eigenvalue weighted by Crippen LogP contribution is -2.46. The van der Waals surface area contributed by atoms with Crippen molar-refractivity contribution in [2.75, 3.05) is 20.2 Å². The molecule has 4 unspecified atom stereocenters. The number of methoxy groups -OCH3 is 1. The highest BCUT2D eigenvalue weighted by Gasteiger charge is 2.51. The number of ether oxygens (including phenoxy) is 1. The number of rotatable bonds is 5. The molecule has 0 bridgehead atoms. The highest BCUT2D eigenvalue weighted by molar-refractivity contribution is 5.58. The Kier molecular flexibility index (Phi) is 6.51. The Morgan fingerprint density at radius 1 is 1.17 bits per heavy atom. The fourth-order valence-corrected chi connectivity index (χ4v) is 4.89. The quantitative estimate of drug-likeness (QED) is 0.468. The van der Waals surface area contributed by atoms with Crippen molar-refractivity contribution in [3.05, 3.63) is 49.6 Å². The van der Waals surface area contributed by atoms with Crippen LogP contribution in [-0.2, 0) is 4.74 Å². The van der Waals surface area contributed by atoms with Crippen molar-refractivity contribution >= 4 is 6.08 Å². The van der Waals surface area contributed by atoms with E-state index in [0.717, 1.165) is 6.08 Å². The minimum Gasteiger partial charge on any atom is -0.373 e. The van der Waals surface area contributed by atoms with Crippen LogP contribution in [0.1, 0.15) is 42.7 Å². The van der Waals surface area contributed by atoms with Crippen molar-refractivity contribution < 1.29 is 35.5 Å². The normalized spacial score (nSPS) is 26.3. The zero-order chi connectivity index (χ0) is 25.9. The zero-order valence-electron chi connectivity index (χ0n) is 18.4. The number of hydrogen-bond acceptors (Lipinski definition) is 5. The summed E-state index contributed by atoms with van der Waals surface area (Å²) in [7, 11) is 1.27. The first kappa shape index (κ1) is 25.6. The molecular weight excluding hydrogens is 489 g/mol. The van der Waals surface area contributed by atoms with Gasteiger partial charge in [-0.25, -0.2) is 9.18 Å². The largest absolute Gasteiger partial charge is 0.421 e. The second kappa shape index (κ2) is 8.89. The van der Waals surface area contributed by atoms with Gasteiger partial charge in [0.1, 0.15) is 17.5 Å². The van der Waals surface area contributed by atoms with Gasteiger partial charge in [-0.15, -0.1) is 0 Å². The number of likely N-dealkylation sites (tertiary alicyclic amines) is 1. The van der Waals surface area contributed by atoms with Crippen LogP contribution in [0.15, 0.2) is 27.1 Å². The molecule has 2 aliphatic carbocycles. The molecule has 1 saturated heterocycles. The molecule has 0 radical (unpaired) electrons. The third-order valence-electron chi connectivity index (χ3n) is 6.67. The Morgan fingerprint density at radius 3 is 2.34 bits per heavy atom. The molecule has 1 aliphatic heterocycles. The van der Waals surface area contributed by atoms with Crippen molar-refractivity contribution in [1.82, 2.24) is 14.5 Å². The predicted octanol–water partition coefficient (Wildman–Crippen LogP) is 2.95. The SMILES string of the molecule is COC1c2c(c(=O)[nH]c(=O)n2C2CC2)C=C(F)C1N1CCC(C(N)C=C(C(F)(F)F)C(F)(F)F)C1. The van der Waals surface area contributed by atoms with Crippen LogP contribution in [0.2, 0.25) is 0 Å². The third kappa shape index (κ3) is 4.83. The molecule has 1 aromatic heterocycles. The number of aromatic nitrogens is 2. The Bertz CT molecular complexity index is 1150. The van der Waals surface area contributed by atoms with Gasteiger partial charge in [-0.05, 0) is 37.8 Å². The molecule has 0 aromatic carbocycles. The lowest BCUT2D eigenvalue weighted by molar-refractivity contribution is -0.172. The Hall–Kier alpha value is -2.45. The van der Waals surface area contributed by atoms with Crippen molar-refractivity contribution in [2.45, 2.75) is 55.8 Å². The molecule has 4 rings (SSSR count). The van der Waals surface area contributed by atoms with E-state index in [0.29, 0.717) is 12.8 Å². The summed E-state index contributed by atoms with van der Waals surface area (Å²) in [5.41, 5.74) is 1.73. The van der Waals surface area contributed by atoms with Gasteiger partial charge in [0.15, 0.2) is 0 Å². The fourth-order valence-electron chi connectivity index (χ4n) is 4.89. The summed E-state index contributed by atoms with van der Waals surface area (Å²) in [6.07, 6.45) is -9.93. The number of alkyl halides is 6. The van der Waals surface area contributed by atoms with Crippen molar-refractivity contribution in [2.24, 2.45) is 11.7 Å². The van der Waals surface area contributed by atoms with E-state index in [9.17, 15) is 35.9 Å². The van der Waals surface area contributed by atoms with Gasteiger partial charge < -0.3 is 10.5 Å². The molecule has 1 saturated carbocycles. The summed E-state index contributed by atoms with van der Waals surface area (Å²) >= 11 is 0. The number of nitrogens with one attached hydrogen (secondary N) is 1. The number of nitrogens with zero attached hydrogens (tertiary/aromatic N) is 2. The number of H-pyrrole nitrogens is 1. The number of nitrogens with two attached hydrogens (primary N) is 1. The number of halogens is 7. The summed E-state index contributed by atoms with van der Waals surface area (Å²) in [5.74, 6) is -1.60. The van der Waals surface area contributed by atoms with E-state index in [-0.39, 0.29) is 42.9 Å². The molecule has 2 fully saturated rings. The van der Waals surface area contributed by atoms with Gasteiger partial charge in [-0.3, -0.25) is 19.2 Å². The molecule has 3 aliphatic rings. The molecule has 1 aromatic rings. The molecule has 0 spiro atoms. The summed E-state index contributed by atoms with van der Waals surface area (Å²) in [6.45, 7) is -0.00379. The third-order valence-corrected chi connectivity index (χ3v) is 6.67. The van der Waals surface area contributed by atoms with Crippen molar-refractivity contribution in [3.63, 3.8) is 0 Å². The molecule has 2 heterocycles. The van der Waals surface area contributed by atoms with Gasteiger partial charge in [0.2, 0.25) is 0 Å². The van der Waals surface area contributed by atoms with E-state index in [2.05, 4.69) is 4.98 Å². The molecule has 3 N–H and O–H groups in total. The summed E-state index contributed by atoms with van der Waals surface area (Å²) in [4.78, 5) is 28.5. The van der Waals surface area contributed by atoms with Gasteiger partial charge in [-0.2, -0.15) is 26.3 Å². The standard InChI is InChI=1S/C21H23F7N4O3/c1-35-17-15-11(18(33)30-19(34)32(15)10-2-3-10)6-12(22)16(17)31-5-4-9(8-31)13(29)7-14(20(23,24)25)21(26,27)28/h6-7,9-10,13,16-17H,2-5,8,29H2,1H3,(H,30,33,34). The van der Waals surface area contributed by atoms with Crippen LogP contribution in [0, 0.1) is 5.92 Å². The first-order valence-electron chi connectivity index (χ1n) is 10.9. The van der Waals surface area contributed by atoms with Gasteiger partial charge in [0.05, 0.1) is 17.3 Å². The van der Waals surface area contributed by atoms with E-state index in [1.54, 1.807) is 0 Å². The molecule has 4 atom stereocenters. The lowest BCUT2D eigenvalue weighted by Gasteiger charge is -2.37. The minimum absolute atomic E-state index is 0.0331. The van der Waals surface area contributed by atoms with Crippen molar-refractivity contribution in [3.8, 4) is 0 Å². The number of hydrogen-bond donors (Lipinski definition) is 2. The Morgan fingerprint density at radius 2 is 1.80 bits per heavy atom. The average molecular weight is 512 g/mol. The first-order valence-corrected chi connectivity index (χ1v) is 10.9. The van der Waals surface area contributed by atoms with Gasteiger partial charge in [-0.1, -0.05) is 6.08 Å². The second-order valence-electron chi connectivity index (χ2n) is 8.99. The highest BCUT2D eigenvalue weighted by atomic mass is 19.4. The van der Waals surface area contributed by atoms with Gasteiger partial charge >= 0.3 is 18.0 Å². The Balaban J connectivity index is 1.64. The number of allylic oxidation sites excluding steroid dienone is 1. The number of fused-ring (bicyclic) bond motifs is 1. The smallest absolute Gasteiger partial charge is 0.373 e. The van der Waals surface area contributed by atoms with E-state index in [1.165, 1.54) is 16.6 Å². The molecule has 14 heteroatoms. The molecule has 7 nitrogen and oxygen atoms in total. The summed E-state index contributed by atoms with van der Waals surface area (Å²) in [6, 6.07) is -2.91. The van der Waals surface area contributed by atoms with Crippen LogP contribution in [0.25, 0.3) is 6.08 Å². The van der Waals surface area contributed by atoms with Crippen LogP contribution in [0.3, 0.4) is 0 Å². The number of aromatic amines is 1. The fraction of sp³-hybridized carbons (Fsp3) is 0.619. The predicted molar refractivity (Wildman–Crippen MR) is 110 cm³/mol. The summed E-state index contributed by atoms with van der Waals surface area (Å²) in [5, 5.41) is 0. The van der Waals surface area contributed by atoms with E-state index < -0.39 is 59.1 Å². The minimum atomic E-state index is -5.63. The maximum Gasteiger partial charge on any atom is 0.421 e. The first-order chi connectivity index (χ1) is 16.2. The van der Waals surface area contributed by atoms with Crippen LogP contribution in [0.4, 0.5) is 30.7 Å². The van der Waals surface area contributed by atoms with E-state index in [4.69, 9.17) is 10.5 Å². The maximum absolute atomic E-state index is 15.3. The van der Waals surface area contributed by atoms with Crippen LogP contribution >= 0.6 is 0 Å². The molecular formula is C21H23F7N4O3. The van der Waals surface area contributed by atoms with E-state index >= 15 is 4.39 Å². The van der Waals surface area contributed by atoms with Crippen LogP contribution < -0.4 is 17.0 Å². The van der Waals surface area contributed by atoms with Crippen molar-refractivity contribution in [1.29, 1.82) is 0 Å². The maximum atomic E-state index is 15.3. The zero-order valence-corrected chi connectivity index (χ0v) is 18.4. The summed E-state index contributed by atoms with van der Waals surface area (Å²) < 4.78 is 99.6. The van der Waals surface area contributed by atoms with Gasteiger partial charge in [0, 0.05) is 25.7 Å². The molecule has 0 amide bonds.